The first-order valence-corrected chi connectivity index (χ1v) is 3.73. The normalized spacial score (nSPS) is 10.7. The first-order valence-electron chi connectivity index (χ1n) is 2.84. The minimum absolute atomic E-state index is 0.219. The summed E-state index contributed by atoms with van der Waals surface area (Å²) in [6.07, 6.45) is 0. The van der Waals surface area contributed by atoms with Crippen molar-refractivity contribution >= 4 is 34.9 Å². The lowest BCUT2D eigenvalue weighted by Crippen LogP contribution is -2.39. The highest BCUT2D eigenvalue weighted by Crippen LogP contribution is 2.18. The molecule has 0 aliphatic carbocycles. The average Bonchev–Trinajstić information content (AvgIpc) is 2.03. The van der Waals surface area contributed by atoms with Crippen molar-refractivity contribution in [3.05, 3.63) is 0 Å². The third-order valence-corrected chi connectivity index (χ3v) is 1.26. The summed E-state index contributed by atoms with van der Waals surface area (Å²) in [5, 5.41) is 0. The Bertz CT molecular complexity index is 194. The number of carbonyl (C=O) groups is 2. The molecule has 0 unspecified atom stereocenters. The van der Waals surface area contributed by atoms with Crippen LogP contribution in [-0.2, 0) is 17.4 Å². The van der Waals surface area contributed by atoms with E-state index >= 15 is 0 Å². The molecular weight excluding hydrogens is 289 g/mol. The van der Waals surface area contributed by atoms with E-state index in [1.54, 1.807) is 0 Å². The second-order valence-corrected chi connectivity index (χ2v) is 2.10. The Hall–Kier alpha value is -0.470. The Morgan fingerprint density at radius 3 is 2.25 bits per heavy atom. The van der Waals surface area contributed by atoms with Crippen molar-refractivity contribution in [2.45, 2.75) is 12.8 Å². The van der Waals surface area contributed by atoms with Gasteiger partial charge in [-0.05, 0) is 6.92 Å². The van der Waals surface area contributed by atoms with E-state index in [0.29, 0.717) is 0 Å². The first-order chi connectivity index (χ1) is 5.46. The predicted molar refractivity (Wildman–Crippen MR) is 41.7 cm³/mol. The van der Waals surface area contributed by atoms with Crippen LogP contribution >= 0.6 is 23.0 Å². The van der Waals surface area contributed by atoms with Crippen molar-refractivity contribution in [2.75, 3.05) is 6.61 Å². The lowest BCUT2D eigenvalue weighted by Gasteiger charge is -2.09. The highest BCUT2D eigenvalue weighted by molar-refractivity contribution is 14.1. The molecule has 12 heavy (non-hydrogen) atoms. The van der Waals surface area contributed by atoms with Crippen LogP contribution in [0.4, 0.5) is 8.78 Å². The van der Waals surface area contributed by atoms with E-state index in [1.807, 2.05) is 0 Å². The molecule has 0 aliphatic rings. The zero-order valence-corrected chi connectivity index (χ0v) is 8.13. The largest absolute Gasteiger partial charge is 0.461 e. The summed E-state index contributed by atoms with van der Waals surface area (Å²) in [7, 11) is 0. The fourth-order valence-electron chi connectivity index (χ4n) is 0.354. The maximum Gasteiger partial charge on any atom is 0.438 e. The van der Waals surface area contributed by atoms with Crippen LogP contribution in [0.5, 0.6) is 0 Å². The minimum Gasteiger partial charge on any atom is -0.461 e. The number of halogens is 3. The smallest absolute Gasteiger partial charge is 0.438 e. The monoisotopic (exact) mass is 294 g/mol. The Balaban J connectivity index is 4.38. The number of hydrogen-bond donors (Lipinski definition) is 0. The van der Waals surface area contributed by atoms with Crippen molar-refractivity contribution in [2.24, 2.45) is 0 Å². The fraction of sp³-hybridized carbons (Fsp3) is 0.600. The zero-order valence-electron chi connectivity index (χ0n) is 5.97. The Labute approximate surface area is 80.9 Å². The molecule has 0 N–H and O–H groups in total. The maximum atomic E-state index is 12.4. The maximum absolute atomic E-state index is 12.4. The van der Waals surface area contributed by atoms with Crippen LogP contribution < -0.4 is 0 Å². The van der Waals surface area contributed by atoms with Gasteiger partial charge in [-0.25, -0.2) is 9.59 Å². The summed E-state index contributed by atoms with van der Waals surface area (Å²) >= 11 is 0.963. The fourth-order valence-corrected chi connectivity index (χ4v) is 0.630. The average molecular weight is 294 g/mol. The van der Waals surface area contributed by atoms with Crippen LogP contribution in [0.3, 0.4) is 0 Å². The molecule has 0 radical (unpaired) electrons. The molecular formula is C5H5F2IO4. The van der Waals surface area contributed by atoms with Gasteiger partial charge in [0.2, 0.25) is 0 Å². The van der Waals surface area contributed by atoms with Gasteiger partial charge in [0.15, 0.2) is 23.0 Å². The van der Waals surface area contributed by atoms with Gasteiger partial charge in [-0.2, -0.15) is 8.78 Å². The molecule has 0 saturated heterocycles. The summed E-state index contributed by atoms with van der Waals surface area (Å²) in [4.78, 5) is 20.7. The zero-order chi connectivity index (χ0) is 9.78. The van der Waals surface area contributed by atoms with E-state index < -0.39 is 17.9 Å². The molecule has 0 aromatic carbocycles. The molecule has 4 nitrogen and oxygen atoms in total. The lowest BCUT2D eigenvalue weighted by atomic mass is 10.3. The molecule has 0 amide bonds. The standard InChI is InChI=1S/C5H5F2IO4/c1-2-11-3(9)5(6,7)4(10)12-8/h2H2,1H3. The molecule has 70 valence electrons. The van der Waals surface area contributed by atoms with Gasteiger partial charge >= 0.3 is 17.9 Å². The predicted octanol–water partition coefficient (Wildman–Crippen LogP) is 1.08. The molecule has 0 aromatic rings. The second-order valence-electron chi connectivity index (χ2n) is 1.66. The molecule has 0 rings (SSSR count). The van der Waals surface area contributed by atoms with Crippen molar-refractivity contribution in [3.8, 4) is 0 Å². The second kappa shape index (κ2) is 4.53. The van der Waals surface area contributed by atoms with Crippen LogP contribution in [0.15, 0.2) is 0 Å². The molecule has 0 aliphatic heterocycles. The lowest BCUT2D eigenvalue weighted by molar-refractivity contribution is -0.183. The molecule has 7 heteroatoms. The topological polar surface area (TPSA) is 52.6 Å². The Kier molecular flexibility index (Phi) is 4.35. The third kappa shape index (κ3) is 2.54. The Morgan fingerprint density at radius 1 is 1.42 bits per heavy atom. The molecule has 0 spiro atoms. The minimum atomic E-state index is -4.21. The van der Waals surface area contributed by atoms with Crippen LogP contribution in [0.2, 0.25) is 0 Å². The molecule has 0 heterocycles. The Morgan fingerprint density at radius 2 is 1.92 bits per heavy atom. The van der Waals surface area contributed by atoms with Gasteiger partial charge in [-0.3, -0.25) is 0 Å². The summed E-state index contributed by atoms with van der Waals surface area (Å²) in [6.45, 7) is 1.13. The van der Waals surface area contributed by atoms with E-state index in [1.165, 1.54) is 6.92 Å². The number of alkyl halides is 2. The van der Waals surface area contributed by atoms with E-state index in [2.05, 4.69) is 7.80 Å². The number of rotatable bonds is 3. The van der Waals surface area contributed by atoms with E-state index in [4.69, 9.17) is 0 Å². The summed E-state index contributed by atoms with van der Waals surface area (Å²) in [5.41, 5.74) is 0. The van der Waals surface area contributed by atoms with E-state index in [9.17, 15) is 18.4 Å². The first kappa shape index (κ1) is 11.5. The van der Waals surface area contributed by atoms with Gasteiger partial charge in [-0.15, -0.1) is 0 Å². The number of hydrogen-bond acceptors (Lipinski definition) is 4. The van der Waals surface area contributed by atoms with Crippen LogP contribution in [0.1, 0.15) is 6.92 Å². The van der Waals surface area contributed by atoms with Gasteiger partial charge in [-0.1, -0.05) is 0 Å². The van der Waals surface area contributed by atoms with Crippen molar-refractivity contribution in [3.63, 3.8) is 0 Å². The van der Waals surface area contributed by atoms with Gasteiger partial charge in [0.25, 0.3) is 0 Å². The quantitative estimate of drug-likeness (QED) is 0.444. The molecule has 0 aromatic heterocycles. The summed E-state index contributed by atoms with van der Waals surface area (Å²) in [5.74, 6) is -8.04. The summed E-state index contributed by atoms with van der Waals surface area (Å²) < 4.78 is 32.5. The number of ether oxygens (including phenoxy) is 1. The van der Waals surface area contributed by atoms with Crippen LogP contribution in [-0.4, -0.2) is 24.5 Å². The molecule has 0 atom stereocenters. The number of carbonyl (C=O) groups excluding carboxylic acids is 2. The molecule has 0 bridgehead atoms. The number of esters is 1. The highest BCUT2D eigenvalue weighted by atomic mass is 127. The van der Waals surface area contributed by atoms with Gasteiger partial charge in [0.1, 0.15) is 0 Å². The van der Waals surface area contributed by atoms with Gasteiger partial charge < -0.3 is 7.80 Å². The van der Waals surface area contributed by atoms with E-state index in [-0.39, 0.29) is 6.61 Å². The van der Waals surface area contributed by atoms with Crippen LogP contribution in [0.25, 0.3) is 0 Å². The van der Waals surface area contributed by atoms with Crippen molar-refractivity contribution in [1.29, 1.82) is 0 Å². The summed E-state index contributed by atoms with van der Waals surface area (Å²) in [6, 6.07) is 0. The third-order valence-electron chi connectivity index (χ3n) is 0.858. The van der Waals surface area contributed by atoms with Crippen LogP contribution in [0, 0.1) is 0 Å². The van der Waals surface area contributed by atoms with E-state index in [0.717, 1.165) is 23.0 Å². The van der Waals surface area contributed by atoms with Gasteiger partial charge in [0, 0.05) is 0 Å². The van der Waals surface area contributed by atoms with Gasteiger partial charge in [0.05, 0.1) is 6.61 Å². The molecule has 0 fully saturated rings. The van der Waals surface area contributed by atoms with Crippen molar-refractivity contribution in [1.82, 2.24) is 0 Å². The highest BCUT2D eigenvalue weighted by Gasteiger charge is 2.50. The SMILES string of the molecule is CCOC(=O)C(F)(F)C(=O)OI. The molecule has 0 saturated carbocycles. The van der Waals surface area contributed by atoms with Crippen molar-refractivity contribution < 1.29 is 26.2 Å².